The minimum atomic E-state index is -3.74. The number of para-hydroxylation sites is 2. The summed E-state index contributed by atoms with van der Waals surface area (Å²) in [5, 5.41) is 2.78. The highest BCUT2D eigenvalue weighted by atomic mass is 32.2. The topological polar surface area (TPSA) is 84.5 Å². The molecule has 0 heterocycles. The molecule has 0 radical (unpaired) electrons. The molecule has 3 aromatic carbocycles. The number of sulfonamides is 1. The molecular formula is C23H24N2O4S. The van der Waals surface area contributed by atoms with Gasteiger partial charge in [0.2, 0.25) is 0 Å². The second-order valence-corrected chi connectivity index (χ2v) is 8.74. The van der Waals surface area contributed by atoms with Gasteiger partial charge in [-0.2, -0.15) is 0 Å². The summed E-state index contributed by atoms with van der Waals surface area (Å²) in [5.41, 5.74) is 2.24. The lowest BCUT2D eigenvalue weighted by Gasteiger charge is -2.14. The average Bonchev–Trinajstić information content (AvgIpc) is 2.70. The third-order valence-electron chi connectivity index (χ3n) is 4.31. The summed E-state index contributed by atoms with van der Waals surface area (Å²) < 4.78 is 33.6. The molecule has 0 aliphatic heterocycles. The zero-order valence-electron chi connectivity index (χ0n) is 17.0. The maximum atomic E-state index is 12.7. The number of anilines is 2. The number of aryl methyl sites for hydroxylation is 1. The molecule has 30 heavy (non-hydrogen) atoms. The molecule has 0 saturated carbocycles. The van der Waals surface area contributed by atoms with Crippen molar-refractivity contribution in [2.75, 3.05) is 10.0 Å². The summed E-state index contributed by atoms with van der Waals surface area (Å²) >= 11 is 0. The van der Waals surface area contributed by atoms with E-state index in [1.807, 2.05) is 32.9 Å². The van der Waals surface area contributed by atoms with E-state index in [9.17, 15) is 13.2 Å². The van der Waals surface area contributed by atoms with Crippen molar-refractivity contribution in [3.8, 4) is 5.75 Å². The van der Waals surface area contributed by atoms with Crippen molar-refractivity contribution in [2.45, 2.75) is 31.8 Å². The molecule has 0 saturated heterocycles. The van der Waals surface area contributed by atoms with Crippen LogP contribution in [0.15, 0.2) is 77.7 Å². The highest BCUT2D eigenvalue weighted by Gasteiger charge is 2.17. The molecular weight excluding hydrogens is 400 g/mol. The van der Waals surface area contributed by atoms with Crippen LogP contribution in [0.5, 0.6) is 5.75 Å². The number of ether oxygens (including phenoxy) is 1. The number of rotatable bonds is 7. The molecule has 0 aliphatic carbocycles. The van der Waals surface area contributed by atoms with E-state index in [0.29, 0.717) is 22.7 Å². The maximum absolute atomic E-state index is 12.7. The van der Waals surface area contributed by atoms with Gasteiger partial charge < -0.3 is 10.1 Å². The Morgan fingerprint density at radius 3 is 2.20 bits per heavy atom. The Hall–Kier alpha value is -3.32. The van der Waals surface area contributed by atoms with Gasteiger partial charge in [-0.3, -0.25) is 9.52 Å². The summed E-state index contributed by atoms with van der Waals surface area (Å²) in [5.74, 6) is 0.159. The number of benzene rings is 3. The van der Waals surface area contributed by atoms with Crippen molar-refractivity contribution in [1.29, 1.82) is 0 Å². The van der Waals surface area contributed by atoms with Crippen LogP contribution in [0, 0.1) is 6.92 Å². The maximum Gasteiger partial charge on any atom is 0.261 e. The molecule has 0 atom stereocenters. The monoisotopic (exact) mass is 424 g/mol. The van der Waals surface area contributed by atoms with Crippen molar-refractivity contribution in [3.05, 3.63) is 83.9 Å². The molecule has 0 spiro atoms. The van der Waals surface area contributed by atoms with Crippen molar-refractivity contribution in [2.24, 2.45) is 0 Å². The van der Waals surface area contributed by atoms with Crippen LogP contribution in [0.4, 0.5) is 11.4 Å². The SMILES string of the molecule is Cc1ccccc1NS(=O)(=O)c1ccc(NC(=O)c2ccccc2OC(C)C)cc1. The number of carbonyl (C=O) groups excluding carboxylic acids is 1. The van der Waals surface area contributed by atoms with Crippen molar-refractivity contribution in [3.63, 3.8) is 0 Å². The smallest absolute Gasteiger partial charge is 0.261 e. The van der Waals surface area contributed by atoms with Crippen molar-refractivity contribution >= 4 is 27.3 Å². The fourth-order valence-corrected chi connectivity index (χ4v) is 3.95. The van der Waals surface area contributed by atoms with Gasteiger partial charge in [0, 0.05) is 5.69 Å². The van der Waals surface area contributed by atoms with Gasteiger partial charge in [0.1, 0.15) is 5.75 Å². The second kappa shape index (κ2) is 9.00. The van der Waals surface area contributed by atoms with E-state index in [1.54, 1.807) is 48.5 Å². The third-order valence-corrected chi connectivity index (χ3v) is 5.69. The molecule has 0 aromatic heterocycles. The van der Waals surface area contributed by atoms with Crippen molar-refractivity contribution in [1.82, 2.24) is 0 Å². The Bertz CT molecular complexity index is 1140. The Morgan fingerprint density at radius 2 is 1.53 bits per heavy atom. The van der Waals surface area contributed by atoms with Gasteiger partial charge in [0.25, 0.3) is 15.9 Å². The highest BCUT2D eigenvalue weighted by Crippen LogP contribution is 2.23. The molecule has 0 unspecified atom stereocenters. The van der Waals surface area contributed by atoms with Crippen LogP contribution in [-0.2, 0) is 10.0 Å². The minimum Gasteiger partial charge on any atom is -0.490 e. The predicted octanol–water partition coefficient (Wildman–Crippen LogP) is 4.84. The fourth-order valence-electron chi connectivity index (χ4n) is 2.82. The number of amides is 1. The van der Waals surface area contributed by atoms with Crippen LogP contribution in [-0.4, -0.2) is 20.4 Å². The zero-order chi connectivity index (χ0) is 21.7. The quantitative estimate of drug-likeness (QED) is 0.569. The van der Waals surface area contributed by atoms with Gasteiger partial charge in [0.15, 0.2) is 0 Å². The lowest BCUT2D eigenvalue weighted by Crippen LogP contribution is -2.16. The molecule has 7 heteroatoms. The molecule has 0 fully saturated rings. The third kappa shape index (κ3) is 5.18. The van der Waals surface area contributed by atoms with Crippen LogP contribution >= 0.6 is 0 Å². The number of nitrogens with one attached hydrogen (secondary N) is 2. The summed E-state index contributed by atoms with van der Waals surface area (Å²) in [6, 6.07) is 20.1. The van der Waals surface area contributed by atoms with Gasteiger partial charge >= 0.3 is 0 Å². The first kappa shape index (κ1) is 21.4. The first-order valence-corrected chi connectivity index (χ1v) is 11.0. The van der Waals surface area contributed by atoms with Crippen LogP contribution < -0.4 is 14.8 Å². The first-order chi connectivity index (χ1) is 14.3. The van der Waals surface area contributed by atoms with Gasteiger partial charge in [-0.1, -0.05) is 30.3 Å². The van der Waals surface area contributed by atoms with Crippen molar-refractivity contribution < 1.29 is 17.9 Å². The van der Waals surface area contributed by atoms with E-state index in [4.69, 9.17) is 4.74 Å². The second-order valence-electron chi connectivity index (χ2n) is 7.06. The van der Waals surface area contributed by atoms with E-state index in [-0.39, 0.29) is 16.9 Å². The lowest BCUT2D eigenvalue weighted by atomic mass is 10.1. The van der Waals surface area contributed by atoms with Gasteiger partial charge in [0.05, 0.1) is 22.3 Å². The standard InChI is InChI=1S/C23H24N2O4S/c1-16(2)29-22-11-7-5-9-20(22)23(26)24-18-12-14-19(15-13-18)30(27,28)25-21-10-6-4-8-17(21)3/h4-16,25H,1-3H3,(H,24,26). The van der Waals surface area contributed by atoms with Crippen LogP contribution in [0.3, 0.4) is 0 Å². The Balaban J connectivity index is 1.75. The Kier molecular flexibility index (Phi) is 6.42. The molecule has 1 amide bonds. The Labute approximate surface area is 177 Å². The van der Waals surface area contributed by atoms with Crippen LogP contribution in [0.2, 0.25) is 0 Å². The zero-order valence-corrected chi connectivity index (χ0v) is 17.9. The normalized spacial score (nSPS) is 11.2. The van der Waals surface area contributed by atoms with Gasteiger partial charge in [-0.25, -0.2) is 8.42 Å². The van der Waals surface area contributed by atoms with Crippen LogP contribution in [0.25, 0.3) is 0 Å². The van der Waals surface area contributed by atoms with E-state index >= 15 is 0 Å². The predicted molar refractivity (Wildman–Crippen MR) is 119 cm³/mol. The highest BCUT2D eigenvalue weighted by molar-refractivity contribution is 7.92. The first-order valence-electron chi connectivity index (χ1n) is 9.52. The largest absolute Gasteiger partial charge is 0.490 e. The number of carbonyl (C=O) groups is 1. The molecule has 6 nitrogen and oxygen atoms in total. The number of hydrogen-bond donors (Lipinski definition) is 2. The summed E-state index contributed by atoms with van der Waals surface area (Å²) in [7, 11) is -3.74. The summed E-state index contributed by atoms with van der Waals surface area (Å²) in [4.78, 5) is 12.8. The van der Waals surface area contributed by atoms with E-state index in [1.165, 1.54) is 12.1 Å². The molecule has 156 valence electrons. The van der Waals surface area contributed by atoms with E-state index in [0.717, 1.165) is 5.56 Å². The van der Waals surface area contributed by atoms with E-state index in [2.05, 4.69) is 10.0 Å². The number of hydrogen-bond acceptors (Lipinski definition) is 4. The Morgan fingerprint density at radius 1 is 0.900 bits per heavy atom. The minimum absolute atomic E-state index is 0.0656. The molecule has 3 rings (SSSR count). The van der Waals surface area contributed by atoms with E-state index < -0.39 is 10.0 Å². The molecule has 0 aliphatic rings. The average molecular weight is 425 g/mol. The molecule has 3 aromatic rings. The van der Waals surface area contributed by atoms with Crippen LogP contribution in [0.1, 0.15) is 29.8 Å². The van der Waals surface area contributed by atoms with Gasteiger partial charge in [-0.05, 0) is 68.8 Å². The summed E-state index contributed by atoms with van der Waals surface area (Å²) in [6.07, 6.45) is -0.0656. The summed E-state index contributed by atoms with van der Waals surface area (Å²) in [6.45, 7) is 5.61. The molecule has 2 N–H and O–H groups in total. The van der Waals surface area contributed by atoms with Gasteiger partial charge in [-0.15, -0.1) is 0 Å². The fraction of sp³-hybridized carbons (Fsp3) is 0.174. The molecule has 0 bridgehead atoms. The lowest BCUT2D eigenvalue weighted by molar-refractivity contribution is 0.102.